The Bertz CT molecular complexity index is 1460. The molecule has 10 nitrogen and oxygen atoms in total. The van der Waals surface area contributed by atoms with Crippen molar-refractivity contribution in [3.05, 3.63) is 47.3 Å². The van der Waals surface area contributed by atoms with Gasteiger partial charge in [-0.3, -0.25) is 4.21 Å². The van der Waals surface area contributed by atoms with Gasteiger partial charge in [0.15, 0.2) is 5.65 Å². The second-order valence-electron chi connectivity index (χ2n) is 12.2. The Morgan fingerprint density at radius 3 is 2.60 bits per heavy atom. The van der Waals surface area contributed by atoms with Crippen LogP contribution in [-0.2, 0) is 27.7 Å². The van der Waals surface area contributed by atoms with E-state index in [1.165, 1.54) is 12.8 Å². The summed E-state index contributed by atoms with van der Waals surface area (Å²) >= 11 is 0. The molecule has 2 aromatic heterocycles. The number of hydrogen-bond donors (Lipinski definition) is 2. The van der Waals surface area contributed by atoms with E-state index in [2.05, 4.69) is 26.8 Å². The maximum absolute atomic E-state index is 12.4. The quantitative estimate of drug-likeness (QED) is 0.355. The van der Waals surface area contributed by atoms with Gasteiger partial charge in [-0.2, -0.15) is 10.4 Å². The van der Waals surface area contributed by atoms with Crippen LogP contribution >= 0.6 is 0 Å². The highest BCUT2D eigenvalue weighted by Gasteiger charge is 2.27. The third-order valence-electron chi connectivity index (χ3n) is 6.45. The van der Waals surface area contributed by atoms with Crippen LogP contribution in [0.5, 0.6) is 0 Å². The molecular weight excluding hydrogens is 526 g/mol. The van der Waals surface area contributed by atoms with E-state index in [0.29, 0.717) is 35.2 Å². The number of anilines is 3. The van der Waals surface area contributed by atoms with Gasteiger partial charge >= 0.3 is 6.09 Å². The summed E-state index contributed by atoms with van der Waals surface area (Å²) < 4.78 is 19.5. The number of aromatic nitrogens is 3. The van der Waals surface area contributed by atoms with Crippen LogP contribution < -0.4 is 15.5 Å². The lowest BCUT2D eigenvalue weighted by molar-refractivity contribution is 0.0475. The van der Waals surface area contributed by atoms with E-state index in [4.69, 9.17) is 4.74 Å². The second-order valence-corrected chi connectivity index (χ2v) is 13.7. The predicted octanol–water partition coefficient (Wildman–Crippen LogP) is 4.92. The largest absolute Gasteiger partial charge is 0.444 e. The number of carbonyl (C=O) groups is 1. The van der Waals surface area contributed by atoms with Crippen LogP contribution in [0.15, 0.2) is 30.5 Å². The smallest absolute Gasteiger partial charge is 0.408 e. The summed E-state index contributed by atoms with van der Waals surface area (Å²) in [4.78, 5) is 19.1. The first kappa shape index (κ1) is 29.3. The molecule has 1 fully saturated rings. The first-order chi connectivity index (χ1) is 18.7. The van der Waals surface area contributed by atoms with Gasteiger partial charge in [0.25, 0.3) is 0 Å². The number of nitrogens with one attached hydrogen (secondary N) is 2. The molecule has 0 aliphatic heterocycles. The van der Waals surface area contributed by atoms with Gasteiger partial charge in [-0.25, -0.2) is 14.3 Å². The summed E-state index contributed by atoms with van der Waals surface area (Å²) in [6.07, 6.45) is 6.06. The molecule has 1 aliphatic rings. The molecule has 1 atom stereocenters. The summed E-state index contributed by atoms with van der Waals surface area (Å²) in [5, 5.41) is 20.3. The fourth-order valence-corrected chi connectivity index (χ4v) is 5.42. The Balaban J connectivity index is 1.58. The van der Waals surface area contributed by atoms with Gasteiger partial charge in [0, 0.05) is 53.8 Å². The number of carbonyl (C=O) groups excluding carboxylic acids is 1. The van der Waals surface area contributed by atoms with Gasteiger partial charge in [0.1, 0.15) is 23.1 Å². The third kappa shape index (κ3) is 7.72. The van der Waals surface area contributed by atoms with Crippen molar-refractivity contribution in [1.29, 1.82) is 5.26 Å². The SMILES string of the molecule is CN(CC(C)(C)NC(=O)OC(C)(C)C)c1ccc(Nc2cc(CC3CC3)n3ncc(C#N)c3n2)cc1CS(C)=O. The lowest BCUT2D eigenvalue weighted by Gasteiger charge is -2.34. The molecule has 1 aromatic carbocycles. The molecule has 11 heteroatoms. The zero-order valence-corrected chi connectivity index (χ0v) is 25.2. The average molecular weight is 566 g/mol. The summed E-state index contributed by atoms with van der Waals surface area (Å²) in [6.45, 7) is 9.87. The maximum Gasteiger partial charge on any atom is 0.408 e. The molecule has 0 radical (unpaired) electrons. The number of rotatable bonds is 10. The minimum atomic E-state index is -1.07. The zero-order valence-electron chi connectivity index (χ0n) is 24.4. The first-order valence-corrected chi connectivity index (χ1v) is 15.2. The molecule has 0 spiro atoms. The van der Waals surface area contributed by atoms with E-state index < -0.39 is 28.0 Å². The van der Waals surface area contributed by atoms with E-state index in [1.807, 2.05) is 70.8 Å². The van der Waals surface area contributed by atoms with Crippen molar-refractivity contribution >= 4 is 39.7 Å². The predicted molar refractivity (Wildman–Crippen MR) is 158 cm³/mol. The second kappa shape index (κ2) is 11.5. The van der Waals surface area contributed by atoms with Crippen molar-refractivity contribution < 1.29 is 13.7 Å². The highest BCUT2D eigenvalue weighted by atomic mass is 32.2. The number of nitriles is 1. The van der Waals surface area contributed by atoms with E-state index in [9.17, 15) is 14.3 Å². The minimum Gasteiger partial charge on any atom is -0.444 e. The number of ether oxygens (including phenoxy) is 1. The van der Waals surface area contributed by atoms with Crippen LogP contribution in [0.4, 0.5) is 22.0 Å². The van der Waals surface area contributed by atoms with Crippen molar-refractivity contribution in [1.82, 2.24) is 19.9 Å². The fourth-order valence-electron chi connectivity index (χ4n) is 4.75. The van der Waals surface area contributed by atoms with Gasteiger partial charge < -0.3 is 20.3 Å². The minimum absolute atomic E-state index is 0.371. The average Bonchev–Trinajstić information content (AvgIpc) is 3.52. The van der Waals surface area contributed by atoms with Crippen LogP contribution in [0.2, 0.25) is 0 Å². The Kier molecular flexibility index (Phi) is 8.40. The lowest BCUT2D eigenvalue weighted by Crippen LogP contribution is -2.52. The molecule has 214 valence electrons. The van der Waals surface area contributed by atoms with Crippen LogP contribution in [-0.4, -0.2) is 55.9 Å². The topological polar surface area (TPSA) is 125 Å². The molecule has 3 aromatic rings. The summed E-state index contributed by atoms with van der Waals surface area (Å²) in [6, 6.07) is 10.1. The van der Waals surface area contributed by atoms with Crippen LogP contribution in [0.25, 0.3) is 5.65 Å². The van der Waals surface area contributed by atoms with Crippen LogP contribution in [0, 0.1) is 17.2 Å². The molecule has 2 N–H and O–H groups in total. The zero-order chi connectivity index (χ0) is 29.2. The maximum atomic E-state index is 12.4. The van der Waals surface area contributed by atoms with Crippen LogP contribution in [0.1, 0.15) is 64.3 Å². The Labute approximate surface area is 238 Å². The van der Waals surface area contributed by atoms with Crippen LogP contribution in [0.3, 0.4) is 0 Å². The Hall–Kier alpha value is -3.65. The summed E-state index contributed by atoms with van der Waals surface area (Å²) in [5.74, 6) is 1.64. The van der Waals surface area contributed by atoms with Crippen molar-refractivity contribution in [3.8, 4) is 6.07 Å². The standard InChI is InChI=1S/C29H39N7O3S/c1-28(2,3)39-27(37)34-29(4,5)18-35(6)24-11-10-22(13-20(24)17-40(7)38)32-25-14-23(12-19-8-9-19)36-26(33-25)21(15-30)16-31-36/h10-11,13-14,16,19H,8-9,12,17-18H2,1-7H3,(H,32,33)(H,34,37). The monoisotopic (exact) mass is 565 g/mol. The number of amides is 1. The van der Waals surface area contributed by atoms with E-state index >= 15 is 0 Å². The van der Waals surface area contributed by atoms with Gasteiger partial charge in [-0.05, 0) is 83.6 Å². The summed E-state index contributed by atoms with van der Waals surface area (Å²) in [5.41, 5.74) is 3.44. The van der Waals surface area contributed by atoms with Crippen molar-refractivity contribution in [2.75, 3.05) is 30.1 Å². The van der Waals surface area contributed by atoms with E-state index in [1.54, 1.807) is 17.0 Å². The highest BCUT2D eigenvalue weighted by molar-refractivity contribution is 7.83. The molecule has 0 bridgehead atoms. The number of hydrogen-bond acceptors (Lipinski definition) is 8. The third-order valence-corrected chi connectivity index (χ3v) is 7.17. The van der Waals surface area contributed by atoms with Gasteiger partial charge in [0.2, 0.25) is 0 Å². The van der Waals surface area contributed by atoms with Gasteiger partial charge in [-0.1, -0.05) is 0 Å². The molecule has 1 saturated carbocycles. The number of benzene rings is 1. The molecule has 1 aliphatic carbocycles. The first-order valence-electron chi connectivity index (χ1n) is 13.4. The Morgan fingerprint density at radius 1 is 1.25 bits per heavy atom. The van der Waals surface area contributed by atoms with E-state index in [-0.39, 0.29) is 0 Å². The molecule has 1 amide bonds. The van der Waals surface area contributed by atoms with Crippen molar-refractivity contribution in [2.45, 2.75) is 70.8 Å². The summed E-state index contributed by atoms with van der Waals surface area (Å²) in [7, 11) is 0.880. The lowest BCUT2D eigenvalue weighted by atomic mass is 10.0. The highest BCUT2D eigenvalue weighted by Crippen LogP contribution is 2.34. The van der Waals surface area contributed by atoms with Gasteiger partial charge in [0.05, 0.1) is 17.5 Å². The normalized spacial score (nSPS) is 14.4. The fraction of sp³-hybridized carbons (Fsp3) is 0.517. The number of fused-ring (bicyclic) bond motifs is 1. The molecule has 0 saturated heterocycles. The van der Waals surface area contributed by atoms with E-state index in [0.717, 1.165) is 29.1 Å². The van der Waals surface area contributed by atoms with Gasteiger partial charge in [-0.15, -0.1) is 0 Å². The van der Waals surface area contributed by atoms with Crippen molar-refractivity contribution in [2.24, 2.45) is 5.92 Å². The molecule has 40 heavy (non-hydrogen) atoms. The molecular formula is C29H39N7O3S. The number of alkyl carbamates (subject to hydrolysis) is 1. The van der Waals surface area contributed by atoms with Crippen molar-refractivity contribution in [3.63, 3.8) is 0 Å². The molecule has 4 rings (SSSR count). The molecule has 1 unspecified atom stereocenters. The Morgan fingerprint density at radius 2 is 1.98 bits per heavy atom. The number of likely N-dealkylation sites (N-methyl/N-ethyl adjacent to an activating group) is 1. The molecule has 2 heterocycles. The number of nitrogens with zero attached hydrogens (tertiary/aromatic N) is 5.